The highest BCUT2D eigenvalue weighted by molar-refractivity contribution is 6.10. The molecule has 0 heterocycles. The smallest absolute Gasteiger partial charge is 0.266 e. The van der Waals surface area contributed by atoms with E-state index in [2.05, 4.69) is 12.2 Å². The number of benzene rings is 2. The number of anilines is 1. The van der Waals surface area contributed by atoms with Crippen molar-refractivity contribution in [2.45, 2.75) is 33.6 Å². The fourth-order valence-electron chi connectivity index (χ4n) is 2.39. The van der Waals surface area contributed by atoms with Crippen molar-refractivity contribution in [2.75, 3.05) is 11.9 Å². The lowest BCUT2D eigenvalue weighted by Crippen LogP contribution is -2.14. The summed E-state index contributed by atoms with van der Waals surface area (Å²) in [5.41, 5.74) is 3.64. The minimum atomic E-state index is -0.413. The Morgan fingerprint density at radius 1 is 1.19 bits per heavy atom. The third-order valence-corrected chi connectivity index (χ3v) is 4.18. The van der Waals surface area contributed by atoms with Crippen LogP contribution in [0, 0.1) is 25.2 Å². The molecule has 0 aliphatic heterocycles. The number of hydrogen-bond acceptors (Lipinski definition) is 3. The second-order valence-electron chi connectivity index (χ2n) is 6.14. The molecule has 4 nitrogen and oxygen atoms in total. The topological polar surface area (TPSA) is 62.1 Å². The van der Waals surface area contributed by atoms with Gasteiger partial charge >= 0.3 is 0 Å². The van der Waals surface area contributed by atoms with Crippen LogP contribution in [0.15, 0.2) is 48.0 Å². The first-order valence-corrected chi connectivity index (χ1v) is 8.77. The molecule has 1 amide bonds. The maximum Gasteiger partial charge on any atom is 0.266 e. The lowest BCUT2D eigenvalue weighted by atomic mass is 10.1. The molecule has 0 spiro atoms. The van der Waals surface area contributed by atoms with E-state index in [0.29, 0.717) is 6.61 Å². The SMILES string of the molecule is CCCCOc1ccc(/C=C(/C#N)C(=O)Nc2cccc(C)c2C)cc1. The molecule has 0 aliphatic carbocycles. The van der Waals surface area contributed by atoms with Crippen LogP contribution in [0.25, 0.3) is 6.08 Å². The molecule has 2 aromatic rings. The fourth-order valence-corrected chi connectivity index (χ4v) is 2.39. The number of amides is 1. The minimum Gasteiger partial charge on any atom is -0.494 e. The molecule has 2 rings (SSSR count). The van der Waals surface area contributed by atoms with E-state index in [1.54, 1.807) is 6.08 Å². The fraction of sp³-hybridized carbons (Fsp3) is 0.273. The summed E-state index contributed by atoms with van der Waals surface area (Å²) >= 11 is 0. The van der Waals surface area contributed by atoms with Crippen LogP contribution >= 0.6 is 0 Å². The van der Waals surface area contributed by atoms with E-state index in [4.69, 9.17) is 4.74 Å². The minimum absolute atomic E-state index is 0.0607. The van der Waals surface area contributed by atoms with Gasteiger partial charge in [-0.1, -0.05) is 37.6 Å². The Kier molecular flexibility index (Phi) is 6.99. The number of nitriles is 1. The van der Waals surface area contributed by atoms with Crippen molar-refractivity contribution in [1.29, 1.82) is 5.26 Å². The molecule has 4 heteroatoms. The molecule has 0 bridgehead atoms. The molecule has 0 unspecified atom stereocenters. The van der Waals surface area contributed by atoms with E-state index in [9.17, 15) is 10.1 Å². The number of carbonyl (C=O) groups is 1. The van der Waals surface area contributed by atoms with Gasteiger partial charge in [0.15, 0.2) is 0 Å². The van der Waals surface area contributed by atoms with Gasteiger partial charge in [-0.2, -0.15) is 5.26 Å². The van der Waals surface area contributed by atoms with Crippen molar-refractivity contribution in [2.24, 2.45) is 0 Å². The van der Waals surface area contributed by atoms with Gasteiger partial charge in [-0.15, -0.1) is 0 Å². The van der Waals surface area contributed by atoms with Crippen LogP contribution in [-0.4, -0.2) is 12.5 Å². The summed E-state index contributed by atoms with van der Waals surface area (Å²) in [6, 6.07) is 15.0. The number of hydrogen-bond donors (Lipinski definition) is 1. The summed E-state index contributed by atoms with van der Waals surface area (Å²) in [5.74, 6) is 0.374. The van der Waals surface area contributed by atoms with Gasteiger partial charge < -0.3 is 10.1 Å². The summed E-state index contributed by atoms with van der Waals surface area (Å²) in [4.78, 5) is 12.4. The van der Waals surface area contributed by atoms with E-state index in [-0.39, 0.29) is 5.57 Å². The highest BCUT2D eigenvalue weighted by Gasteiger charge is 2.11. The second-order valence-corrected chi connectivity index (χ2v) is 6.14. The van der Waals surface area contributed by atoms with Gasteiger partial charge in [0, 0.05) is 5.69 Å². The molecule has 0 aliphatic rings. The molecule has 0 radical (unpaired) electrons. The lowest BCUT2D eigenvalue weighted by molar-refractivity contribution is -0.112. The number of unbranched alkanes of at least 4 members (excludes halogenated alkanes) is 1. The van der Waals surface area contributed by atoms with Crippen LogP contribution in [0.1, 0.15) is 36.5 Å². The van der Waals surface area contributed by atoms with Crippen LogP contribution in [0.4, 0.5) is 5.69 Å². The normalized spacial score (nSPS) is 10.9. The first-order chi connectivity index (χ1) is 12.5. The van der Waals surface area contributed by atoms with Gasteiger partial charge in [-0.3, -0.25) is 4.79 Å². The molecule has 0 saturated carbocycles. The molecule has 0 aromatic heterocycles. The number of ether oxygens (including phenoxy) is 1. The summed E-state index contributed by atoms with van der Waals surface area (Å²) in [5, 5.41) is 12.2. The average Bonchev–Trinajstić information content (AvgIpc) is 2.65. The first-order valence-electron chi connectivity index (χ1n) is 8.77. The van der Waals surface area contributed by atoms with Crippen molar-refractivity contribution in [3.63, 3.8) is 0 Å². The second kappa shape index (κ2) is 9.43. The molecule has 0 atom stereocenters. The number of nitrogens with one attached hydrogen (secondary N) is 1. The summed E-state index contributed by atoms with van der Waals surface area (Å²) < 4.78 is 5.62. The van der Waals surface area contributed by atoms with Crippen LogP contribution in [0.5, 0.6) is 5.75 Å². The number of rotatable bonds is 7. The molecular formula is C22H24N2O2. The van der Waals surface area contributed by atoms with Crippen molar-refractivity contribution in [3.05, 3.63) is 64.7 Å². The third kappa shape index (κ3) is 5.22. The van der Waals surface area contributed by atoms with Crippen LogP contribution in [-0.2, 0) is 4.79 Å². The van der Waals surface area contributed by atoms with Crippen molar-refractivity contribution >= 4 is 17.7 Å². The lowest BCUT2D eigenvalue weighted by Gasteiger charge is -2.10. The molecule has 2 aromatic carbocycles. The van der Waals surface area contributed by atoms with Crippen molar-refractivity contribution in [1.82, 2.24) is 0 Å². The van der Waals surface area contributed by atoms with Gasteiger partial charge in [0.2, 0.25) is 0 Å². The Balaban J connectivity index is 2.10. The predicted octanol–water partition coefficient (Wildman–Crippen LogP) is 5.03. The number of nitrogens with zero attached hydrogens (tertiary/aromatic N) is 1. The molecule has 1 N–H and O–H groups in total. The Morgan fingerprint density at radius 2 is 1.92 bits per heavy atom. The quantitative estimate of drug-likeness (QED) is 0.434. The third-order valence-electron chi connectivity index (χ3n) is 4.18. The van der Waals surface area contributed by atoms with E-state index >= 15 is 0 Å². The van der Waals surface area contributed by atoms with E-state index < -0.39 is 5.91 Å². The Morgan fingerprint density at radius 3 is 2.58 bits per heavy atom. The average molecular weight is 348 g/mol. The zero-order chi connectivity index (χ0) is 18.9. The van der Waals surface area contributed by atoms with Gasteiger partial charge in [0.1, 0.15) is 17.4 Å². The largest absolute Gasteiger partial charge is 0.494 e. The van der Waals surface area contributed by atoms with Gasteiger partial charge in [-0.25, -0.2) is 0 Å². The van der Waals surface area contributed by atoms with Crippen molar-refractivity contribution < 1.29 is 9.53 Å². The maximum atomic E-state index is 12.4. The molecule has 0 fully saturated rings. The maximum absolute atomic E-state index is 12.4. The van der Waals surface area contributed by atoms with Crippen LogP contribution < -0.4 is 10.1 Å². The Bertz CT molecular complexity index is 830. The Labute approximate surface area is 155 Å². The molecule has 0 saturated heterocycles. The number of aryl methyl sites for hydroxylation is 1. The van der Waals surface area contributed by atoms with E-state index in [1.165, 1.54) is 0 Å². The standard InChI is InChI=1S/C22H24N2O2/c1-4-5-13-26-20-11-9-18(10-12-20)14-19(15-23)22(25)24-21-8-6-7-16(2)17(21)3/h6-12,14H,4-5,13H2,1-3H3,(H,24,25)/b19-14-. The highest BCUT2D eigenvalue weighted by atomic mass is 16.5. The highest BCUT2D eigenvalue weighted by Crippen LogP contribution is 2.20. The summed E-state index contributed by atoms with van der Waals surface area (Å²) in [6.07, 6.45) is 3.68. The Hall–Kier alpha value is -3.06. The zero-order valence-corrected chi connectivity index (χ0v) is 15.5. The van der Waals surface area contributed by atoms with E-state index in [1.807, 2.05) is 62.4 Å². The van der Waals surface area contributed by atoms with Crippen LogP contribution in [0.2, 0.25) is 0 Å². The summed E-state index contributed by atoms with van der Waals surface area (Å²) in [6.45, 7) is 6.73. The van der Waals surface area contributed by atoms with Crippen LogP contribution in [0.3, 0.4) is 0 Å². The van der Waals surface area contributed by atoms with E-state index in [0.717, 1.165) is 41.0 Å². The summed E-state index contributed by atoms with van der Waals surface area (Å²) in [7, 11) is 0. The van der Waals surface area contributed by atoms with Gasteiger partial charge in [-0.05, 0) is 61.2 Å². The predicted molar refractivity (Wildman–Crippen MR) is 105 cm³/mol. The van der Waals surface area contributed by atoms with Gasteiger partial charge in [0.05, 0.1) is 6.61 Å². The molecular weight excluding hydrogens is 324 g/mol. The molecule has 134 valence electrons. The monoisotopic (exact) mass is 348 g/mol. The number of carbonyl (C=O) groups excluding carboxylic acids is 1. The zero-order valence-electron chi connectivity index (χ0n) is 15.5. The van der Waals surface area contributed by atoms with Gasteiger partial charge in [0.25, 0.3) is 5.91 Å². The first kappa shape index (κ1) is 19.3. The van der Waals surface area contributed by atoms with Crippen molar-refractivity contribution in [3.8, 4) is 11.8 Å². The molecule has 26 heavy (non-hydrogen) atoms.